The first-order valence-electron chi connectivity index (χ1n) is 9.01. The van der Waals surface area contributed by atoms with Crippen molar-refractivity contribution in [3.05, 3.63) is 52.9 Å². The number of hydrogen-bond acceptors (Lipinski definition) is 4. The van der Waals surface area contributed by atoms with E-state index in [1.807, 2.05) is 0 Å². The molecule has 2 aromatic rings. The number of aromatic nitrogens is 1. The Morgan fingerprint density at radius 2 is 1.84 bits per heavy atom. The Morgan fingerprint density at radius 3 is 2.44 bits per heavy atom. The number of nitrogens with zero attached hydrogens (tertiary/aromatic N) is 2. The maximum atomic E-state index is 12.0. The monoisotopic (exact) mass is 341 g/mol. The molecule has 2 heterocycles. The molecule has 1 saturated heterocycles. The zero-order chi connectivity index (χ0) is 17.8. The number of nitrogens with one attached hydrogen (secondary N) is 1. The minimum atomic E-state index is -0.235. The number of aryl methyl sites for hydroxylation is 1. The van der Waals surface area contributed by atoms with Crippen LogP contribution in [0.25, 0.3) is 0 Å². The van der Waals surface area contributed by atoms with Crippen LogP contribution in [-0.4, -0.2) is 29.1 Å². The number of piperidine rings is 1. The van der Waals surface area contributed by atoms with Gasteiger partial charge in [0.05, 0.1) is 5.69 Å². The van der Waals surface area contributed by atoms with Gasteiger partial charge >= 0.3 is 0 Å². The van der Waals surface area contributed by atoms with E-state index in [1.54, 1.807) is 13.0 Å². The molecule has 0 spiro atoms. The van der Waals surface area contributed by atoms with Gasteiger partial charge in [-0.1, -0.05) is 43.3 Å². The predicted molar refractivity (Wildman–Crippen MR) is 97.1 cm³/mol. The lowest BCUT2D eigenvalue weighted by Gasteiger charge is -2.35. The van der Waals surface area contributed by atoms with E-state index in [2.05, 4.69) is 53.5 Å². The van der Waals surface area contributed by atoms with Gasteiger partial charge in [-0.25, -0.2) is 0 Å². The van der Waals surface area contributed by atoms with Crippen LogP contribution in [-0.2, 0) is 13.1 Å². The largest absolute Gasteiger partial charge is 0.351 e. The third-order valence-electron chi connectivity index (χ3n) is 4.68. The van der Waals surface area contributed by atoms with Gasteiger partial charge in [0.15, 0.2) is 0 Å². The van der Waals surface area contributed by atoms with E-state index in [-0.39, 0.29) is 11.7 Å². The fourth-order valence-electron chi connectivity index (χ4n) is 3.68. The number of hydrogen-bond donors (Lipinski definition) is 1. The zero-order valence-corrected chi connectivity index (χ0v) is 15.3. The van der Waals surface area contributed by atoms with E-state index in [0.717, 1.165) is 23.9 Å². The van der Waals surface area contributed by atoms with Crippen LogP contribution < -0.4 is 5.32 Å². The molecule has 1 aromatic heterocycles. The fourth-order valence-corrected chi connectivity index (χ4v) is 3.68. The molecule has 1 N–H and O–H groups in total. The van der Waals surface area contributed by atoms with Crippen LogP contribution in [0.4, 0.5) is 0 Å². The van der Waals surface area contributed by atoms with Crippen molar-refractivity contribution in [3.63, 3.8) is 0 Å². The summed E-state index contributed by atoms with van der Waals surface area (Å²) in [7, 11) is 0. The summed E-state index contributed by atoms with van der Waals surface area (Å²) in [6.45, 7) is 10.3. The first-order chi connectivity index (χ1) is 12.0. The Balaban J connectivity index is 1.51. The van der Waals surface area contributed by atoms with Gasteiger partial charge in [-0.05, 0) is 36.3 Å². The molecule has 1 amide bonds. The predicted octanol–water partition coefficient (Wildman–Crippen LogP) is 3.39. The van der Waals surface area contributed by atoms with E-state index in [1.165, 1.54) is 25.1 Å². The van der Waals surface area contributed by atoms with E-state index < -0.39 is 0 Å². The maximum absolute atomic E-state index is 12.0. The van der Waals surface area contributed by atoms with E-state index in [4.69, 9.17) is 4.52 Å². The lowest BCUT2D eigenvalue weighted by Crippen LogP contribution is -2.38. The second-order valence-electron chi connectivity index (χ2n) is 7.47. The smallest absolute Gasteiger partial charge is 0.290 e. The van der Waals surface area contributed by atoms with Crippen molar-refractivity contribution in [1.29, 1.82) is 0 Å². The van der Waals surface area contributed by atoms with Crippen molar-refractivity contribution in [2.24, 2.45) is 11.8 Å². The number of likely N-dealkylation sites (tertiary alicyclic amines) is 1. The molecule has 5 heteroatoms. The molecule has 1 aliphatic heterocycles. The Hall–Kier alpha value is -2.14. The standard InChI is InChI=1S/C20H27N3O2/c1-14-8-15(2)12-23(11-14)13-18-6-4-17(5-7-18)10-21-20(24)19-9-16(3)22-25-19/h4-7,9,14-15H,8,10-13H2,1-3H3,(H,21,24)/t14-,15-/m1/s1. The molecule has 0 saturated carbocycles. The number of rotatable bonds is 5. The zero-order valence-electron chi connectivity index (χ0n) is 15.3. The number of benzene rings is 1. The summed E-state index contributed by atoms with van der Waals surface area (Å²) in [5.74, 6) is 1.57. The summed E-state index contributed by atoms with van der Waals surface area (Å²) in [6.07, 6.45) is 1.33. The summed E-state index contributed by atoms with van der Waals surface area (Å²) >= 11 is 0. The molecule has 5 nitrogen and oxygen atoms in total. The van der Waals surface area contributed by atoms with Crippen molar-refractivity contribution in [2.45, 2.75) is 40.3 Å². The molecular weight excluding hydrogens is 314 g/mol. The van der Waals surface area contributed by atoms with E-state index >= 15 is 0 Å². The quantitative estimate of drug-likeness (QED) is 0.906. The fraction of sp³-hybridized carbons (Fsp3) is 0.500. The van der Waals surface area contributed by atoms with Crippen LogP contribution in [0.5, 0.6) is 0 Å². The molecule has 1 aromatic carbocycles. The van der Waals surface area contributed by atoms with Crippen molar-refractivity contribution in [2.75, 3.05) is 13.1 Å². The lowest BCUT2D eigenvalue weighted by molar-refractivity contribution is 0.0914. The average Bonchev–Trinajstić information content (AvgIpc) is 2.99. The van der Waals surface area contributed by atoms with Crippen LogP contribution in [0.1, 0.15) is 47.6 Å². The number of carbonyl (C=O) groups excluding carboxylic acids is 1. The molecule has 25 heavy (non-hydrogen) atoms. The molecule has 3 rings (SSSR count). The highest BCUT2D eigenvalue weighted by molar-refractivity contribution is 5.91. The van der Waals surface area contributed by atoms with Crippen molar-refractivity contribution in [3.8, 4) is 0 Å². The molecule has 0 aliphatic carbocycles. The molecule has 0 unspecified atom stereocenters. The van der Waals surface area contributed by atoms with Gasteiger partial charge in [-0.2, -0.15) is 0 Å². The molecule has 0 radical (unpaired) electrons. The molecule has 134 valence electrons. The van der Waals surface area contributed by atoms with Crippen LogP contribution in [0.3, 0.4) is 0 Å². The first kappa shape index (κ1) is 17.7. The highest BCUT2D eigenvalue weighted by Gasteiger charge is 2.21. The topological polar surface area (TPSA) is 58.4 Å². The van der Waals surface area contributed by atoms with Gasteiger partial charge in [0, 0.05) is 32.2 Å². The van der Waals surface area contributed by atoms with Crippen LogP contribution in [0, 0.1) is 18.8 Å². The summed E-state index contributed by atoms with van der Waals surface area (Å²) in [5, 5.41) is 6.59. The van der Waals surface area contributed by atoms with E-state index in [9.17, 15) is 4.79 Å². The van der Waals surface area contributed by atoms with Crippen LogP contribution in [0.2, 0.25) is 0 Å². The van der Waals surface area contributed by atoms with Crippen LogP contribution >= 0.6 is 0 Å². The van der Waals surface area contributed by atoms with Gasteiger partial charge in [0.2, 0.25) is 5.76 Å². The minimum Gasteiger partial charge on any atom is -0.351 e. The van der Waals surface area contributed by atoms with Crippen molar-refractivity contribution < 1.29 is 9.32 Å². The summed E-state index contributed by atoms with van der Waals surface area (Å²) in [4.78, 5) is 14.5. The van der Waals surface area contributed by atoms with Gasteiger partial charge in [0.1, 0.15) is 0 Å². The minimum absolute atomic E-state index is 0.235. The van der Waals surface area contributed by atoms with Crippen LogP contribution in [0.15, 0.2) is 34.9 Å². The Labute approximate surface area is 149 Å². The number of carbonyl (C=O) groups is 1. The maximum Gasteiger partial charge on any atom is 0.290 e. The second-order valence-corrected chi connectivity index (χ2v) is 7.47. The first-order valence-corrected chi connectivity index (χ1v) is 9.01. The third-order valence-corrected chi connectivity index (χ3v) is 4.68. The van der Waals surface area contributed by atoms with E-state index in [0.29, 0.717) is 12.2 Å². The molecule has 0 bridgehead atoms. The summed E-state index contributed by atoms with van der Waals surface area (Å²) in [5.41, 5.74) is 3.10. The lowest BCUT2D eigenvalue weighted by atomic mass is 9.91. The summed E-state index contributed by atoms with van der Waals surface area (Å²) < 4.78 is 4.97. The Bertz CT molecular complexity index is 698. The van der Waals surface area contributed by atoms with Crippen molar-refractivity contribution >= 4 is 5.91 Å². The number of amides is 1. The van der Waals surface area contributed by atoms with Crippen molar-refractivity contribution in [1.82, 2.24) is 15.4 Å². The average molecular weight is 341 g/mol. The highest BCUT2D eigenvalue weighted by Crippen LogP contribution is 2.22. The SMILES string of the molecule is Cc1cc(C(=O)NCc2ccc(CN3C[C@H](C)C[C@@H](C)C3)cc2)on1. The molecular formula is C20H27N3O2. The second kappa shape index (κ2) is 7.83. The van der Waals surface area contributed by atoms with Gasteiger partial charge in [0.25, 0.3) is 5.91 Å². The highest BCUT2D eigenvalue weighted by atomic mass is 16.5. The molecule has 1 fully saturated rings. The third kappa shape index (κ3) is 4.92. The molecule has 1 aliphatic rings. The Kier molecular flexibility index (Phi) is 5.53. The van der Waals surface area contributed by atoms with Gasteiger partial charge in [-0.3, -0.25) is 9.69 Å². The molecule has 2 atom stereocenters. The Morgan fingerprint density at radius 1 is 1.20 bits per heavy atom. The normalized spacial score (nSPS) is 21.2. The summed E-state index contributed by atoms with van der Waals surface area (Å²) in [6, 6.07) is 10.1. The van der Waals surface area contributed by atoms with Gasteiger partial charge < -0.3 is 9.84 Å². The van der Waals surface area contributed by atoms with Gasteiger partial charge in [-0.15, -0.1) is 0 Å².